The van der Waals surface area contributed by atoms with Gasteiger partial charge in [-0.15, -0.1) is 17.9 Å². The van der Waals surface area contributed by atoms with Gasteiger partial charge in [0, 0.05) is 18.5 Å². The van der Waals surface area contributed by atoms with Crippen LogP contribution in [0.4, 0.5) is 5.13 Å². The summed E-state index contributed by atoms with van der Waals surface area (Å²) in [6.07, 6.45) is 2.31. The van der Waals surface area contributed by atoms with Gasteiger partial charge in [-0.2, -0.15) is 0 Å². The zero-order valence-electron chi connectivity index (χ0n) is 14.5. The van der Waals surface area contributed by atoms with Crippen LogP contribution in [-0.4, -0.2) is 43.7 Å². The topological polar surface area (TPSA) is 89.5 Å². The number of anilines is 1. The van der Waals surface area contributed by atoms with E-state index in [2.05, 4.69) is 22.2 Å². The predicted molar refractivity (Wildman–Crippen MR) is 101 cm³/mol. The van der Waals surface area contributed by atoms with Gasteiger partial charge in [0.1, 0.15) is 5.75 Å². The minimum Gasteiger partial charge on any atom is -0.496 e. The SMILES string of the molecule is C=CCNc1nc(C(=O)OCC(=O)NCCc2ccccc2OC)cs1. The first-order chi connectivity index (χ1) is 12.6. The number of hydrogen-bond acceptors (Lipinski definition) is 7. The summed E-state index contributed by atoms with van der Waals surface area (Å²) in [5.41, 5.74) is 1.16. The molecule has 26 heavy (non-hydrogen) atoms. The van der Waals surface area contributed by atoms with Crippen LogP contribution < -0.4 is 15.4 Å². The number of carbonyl (C=O) groups is 2. The van der Waals surface area contributed by atoms with E-state index in [9.17, 15) is 9.59 Å². The van der Waals surface area contributed by atoms with Gasteiger partial charge in [0.2, 0.25) is 0 Å². The zero-order chi connectivity index (χ0) is 18.8. The van der Waals surface area contributed by atoms with E-state index in [1.807, 2.05) is 24.3 Å². The number of nitrogens with one attached hydrogen (secondary N) is 2. The Hall–Kier alpha value is -2.87. The van der Waals surface area contributed by atoms with Gasteiger partial charge in [-0.1, -0.05) is 24.3 Å². The van der Waals surface area contributed by atoms with E-state index < -0.39 is 5.97 Å². The van der Waals surface area contributed by atoms with Crippen molar-refractivity contribution in [2.75, 3.05) is 32.1 Å². The molecule has 0 saturated heterocycles. The summed E-state index contributed by atoms with van der Waals surface area (Å²) in [5, 5.41) is 7.86. The second kappa shape index (κ2) is 10.2. The quantitative estimate of drug-likeness (QED) is 0.489. The summed E-state index contributed by atoms with van der Waals surface area (Å²) in [7, 11) is 1.60. The maximum Gasteiger partial charge on any atom is 0.358 e. The number of thiazole rings is 1. The molecule has 138 valence electrons. The highest BCUT2D eigenvalue weighted by Gasteiger charge is 2.14. The predicted octanol–water partition coefficient (Wildman–Crippen LogP) is 2.27. The minimum absolute atomic E-state index is 0.170. The van der Waals surface area contributed by atoms with Crippen molar-refractivity contribution in [3.05, 3.63) is 53.6 Å². The molecule has 1 heterocycles. The summed E-state index contributed by atoms with van der Waals surface area (Å²) < 4.78 is 10.2. The lowest BCUT2D eigenvalue weighted by molar-refractivity contribution is -0.124. The molecule has 2 rings (SSSR count). The molecule has 0 radical (unpaired) electrons. The van der Waals surface area contributed by atoms with Crippen LogP contribution in [0.5, 0.6) is 5.75 Å². The Morgan fingerprint density at radius 3 is 2.92 bits per heavy atom. The van der Waals surface area contributed by atoms with Crippen LogP contribution in [0.25, 0.3) is 0 Å². The number of amides is 1. The third-order valence-electron chi connectivity index (χ3n) is 3.35. The maximum absolute atomic E-state index is 11.9. The van der Waals surface area contributed by atoms with Gasteiger partial charge in [0.25, 0.3) is 5.91 Å². The fourth-order valence-corrected chi connectivity index (χ4v) is 2.80. The fourth-order valence-electron chi connectivity index (χ4n) is 2.11. The summed E-state index contributed by atoms with van der Waals surface area (Å²) in [4.78, 5) is 27.8. The first kappa shape index (κ1) is 19.5. The van der Waals surface area contributed by atoms with Crippen LogP contribution in [0.2, 0.25) is 0 Å². The number of benzene rings is 1. The molecule has 0 aliphatic carbocycles. The average molecular weight is 375 g/mol. The number of methoxy groups -OCH3 is 1. The normalized spacial score (nSPS) is 10.0. The van der Waals surface area contributed by atoms with Gasteiger partial charge in [0.15, 0.2) is 17.4 Å². The Morgan fingerprint density at radius 2 is 2.15 bits per heavy atom. The van der Waals surface area contributed by atoms with Crippen LogP contribution in [-0.2, 0) is 16.0 Å². The molecule has 1 aromatic carbocycles. The van der Waals surface area contributed by atoms with E-state index in [-0.39, 0.29) is 18.2 Å². The van der Waals surface area contributed by atoms with Gasteiger partial charge >= 0.3 is 5.97 Å². The number of nitrogens with zero attached hydrogens (tertiary/aromatic N) is 1. The molecule has 0 aliphatic rings. The van der Waals surface area contributed by atoms with Crippen molar-refractivity contribution in [1.82, 2.24) is 10.3 Å². The van der Waals surface area contributed by atoms with Gasteiger partial charge in [-0.3, -0.25) is 4.79 Å². The van der Waals surface area contributed by atoms with E-state index in [1.165, 1.54) is 11.3 Å². The highest BCUT2D eigenvalue weighted by Crippen LogP contribution is 2.17. The molecule has 7 nitrogen and oxygen atoms in total. The molecule has 2 aromatic rings. The monoisotopic (exact) mass is 375 g/mol. The van der Waals surface area contributed by atoms with Gasteiger partial charge < -0.3 is 20.1 Å². The van der Waals surface area contributed by atoms with Crippen LogP contribution in [0.1, 0.15) is 16.1 Å². The lowest BCUT2D eigenvalue weighted by atomic mass is 10.1. The summed E-state index contributed by atoms with van der Waals surface area (Å²) in [5.74, 6) is -0.223. The molecular weight excluding hydrogens is 354 g/mol. The van der Waals surface area contributed by atoms with Crippen molar-refractivity contribution >= 4 is 28.3 Å². The minimum atomic E-state index is -0.632. The van der Waals surface area contributed by atoms with E-state index in [0.29, 0.717) is 24.6 Å². The maximum atomic E-state index is 11.9. The third-order valence-corrected chi connectivity index (χ3v) is 4.15. The van der Waals surface area contributed by atoms with Crippen LogP contribution in [0.3, 0.4) is 0 Å². The molecule has 2 N–H and O–H groups in total. The molecule has 0 fully saturated rings. The van der Waals surface area contributed by atoms with Crippen molar-refractivity contribution in [1.29, 1.82) is 0 Å². The van der Waals surface area contributed by atoms with Crippen molar-refractivity contribution in [2.24, 2.45) is 0 Å². The number of rotatable bonds is 10. The molecule has 8 heteroatoms. The first-order valence-electron chi connectivity index (χ1n) is 8.00. The van der Waals surface area contributed by atoms with Crippen molar-refractivity contribution in [3.63, 3.8) is 0 Å². The van der Waals surface area contributed by atoms with Gasteiger partial charge in [-0.25, -0.2) is 9.78 Å². The highest BCUT2D eigenvalue weighted by atomic mass is 32.1. The Kier molecular flexibility index (Phi) is 7.63. The smallest absolute Gasteiger partial charge is 0.358 e. The van der Waals surface area contributed by atoms with Crippen LogP contribution in [0.15, 0.2) is 42.3 Å². The van der Waals surface area contributed by atoms with E-state index in [4.69, 9.17) is 9.47 Å². The summed E-state index contributed by atoms with van der Waals surface area (Å²) in [6, 6.07) is 7.60. The molecule has 0 atom stereocenters. The molecule has 0 unspecified atom stereocenters. The molecule has 0 spiro atoms. The lowest BCUT2D eigenvalue weighted by Crippen LogP contribution is -2.30. The molecule has 0 bridgehead atoms. The third kappa shape index (κ3) is 5.89. The van der Waals surface area contributed by atoms with Gasteiger partial charge in [-0.05, 0) is 18.1 Å². The van der Waals surface area contributed by atoms with Gasteiger partial charge in [0.05, 0.1) is 7.11 Å². The van der Waals surface area contributed by atoms with E-state index >= 15 is 0 Å². The van der Waals surface area contributed by atoms with Crippen molar-refractivity contribution in [2.45, 2.75) is 6.42 Å². The number of esters is 1. The molecule has 0 aliphatic heterocycles. The average Bonchev–Trinajstić information content (AvgIpc) is 3.14. The Bertz CT molecular complexity index is 760. The summed E-state index contributed by atoms with van der Waals surface area (Å²) >= 11 is 1.28. The van der Waals surface area contributed by atoms with Crippen molar-refractivity contribution < 1.29 is 19.1 Å². The highest BCUT2D eigenvalue weighted by molar-refractivity contribution is 7.13. The second-order valence-corrected chi connectivity index (χ2v) is 6.05. The number of hydrogen-bond donors (Lipinski definition) is 2. The molecule has 0 saturated carbocycles. The number of para-hydroxylation sites is 1. The number of aromatic nitrogens is 1. The lowest BCUT2D eigenvalue weighted by Gasteiger charge is -2.09. The largest absolute Gasteiger partial charge is 0.496 e. The van der Waals surface area contributed by atoms with Crippen LogP contribution >= 0.6 is 11.3 Å². The number of carbonyl (C=O) groups excluding carboxylic acids is 2. The standard InChI is InChI=1S/C18H21N3O4S/c1-3-9-20-18-21-14(12-26-18)17(23)25-11-16(22)19-10-8-13-6-4-5-7-15(13)24-2/h3-7,12H,1,8-11H2,2H3,(H,19,22)(H,20,21). The Labute approximate surface area is 156 Å². The van der Waals surface area contributed by atoms with E-state index in [0.717, 1.165) is 11.3 Å². The molecule has 1 aromatic heterocycles. The van der Waals surface area contributed by atoms with E-state index in [1.54, 1.807) is 18.6 Å². The van der Waals surface area contributed by atoms with Crippen LogP contribution in [0, 0.1) is 0 Å². The number of ether oxygens (including phenoxy) is 2. The second-order valence-electron chi connectivity index (χ2n) is 5.20. The Morgan fingerprint density at radius 1 is 1.35 bits per heavy atom. The fraction of sp³-hybridized carbons (Fsp3) is 0.278. The zero-order valence-corrected chi connectivity index (χ0v) is 15.3. The first-order valence-corrected chi connectivity index (χ1v) is 8.88. The van der Waals surface area contributed by atoms with Crippen molar-refractivity contribution in [3.8, 4) is 5.75 Å². The Balaban J connectivity index is 1.72. The molecular formula is C18H21N3O4S. The molecule has 1 amide bonds. The summed E-state index contributed by atoms with van der Waals surface area (Å²) in [6.45, 7) is 4.21.